The second kappa shape index (κ2) is 8.58. The monoisotopic (exact) mass is 403 g/mol. The molecule has 0 aliphatic heterocycles. The van der Waals surface area contributed by atoms with Gasteiger partial charge in [0.25, 0.3) is 5.91 Å². The lowest BCUT2D eigenvalue weighted by Crippen LogP contribution is -2.30. The first kappa shape index (κ1) is 18.9. The summed E-state index contributed by atoms with van der Waals surface area (Å²) >= 11 is 3.33. The van der Waals surface area contributed by atoms with Crippen molar-refractivity contribution < 1.29 is 19.1 Å². The Labute approximate surface area is 154 Å². The van der Waals surface area contributed by atoms with E-state index in [0.29, 0.717) is 11.3 Å². The SMILES string of the molecule is CC(=O)c1cccc(NC(=O)[C@@H](C)OC(=O)Cc2ccc(Br)cc2)c1. The molecule has 0 aliphatic rings. The number of halogens is 1. The topological polar surface area (TPSA) is 72.5 Å². The maximum Gasteiger partial charge on any atom is 0.311 e. The molecule has 0 bridgehead atoms. The second-order valence-electron chi connectivity index (χ2n) is 5.56. The van der Waals surface area contributed by atoms with Gasteiger partial charge in [-0.2, -0.15) is 0 Å². The van der Waals surface area contributed by atoms with E-state index in [1.807, 2.05) is 24.3 Å². The molecule has 1 amide bonds. The van der Waals surface area contributed by atoms with Crippen LogP contribution in [-0.2, 0) is 20.7 Å². The van der Waals surface area contributed by atoms with Crippen molar-refractivity contribution in [1.29, 1.82) is 0 Å². The Kier molecular flexibility index (Phi) is 6.47. The van der Waals surface area contributed by atoms with Crippen LogP contribution in [0, 0.1) is 0 Å². The van der Waals surface area contributed by atoms with Gasteiger partial charge in [0, 0.05) is 15.7 Å². The minimum atomic E-state index is -0.941. The summed E-state index contributed by atoms with van der Waals surface area (Å²) in [7, 11) is 0. The molecule has 2 aromatic carbocycles. The van der Waals surface area contributed by atoms with Crippen molar-refractivity contribution in [3.63, 3.8) is 0 Å². The fourth-order valence-corrected chi connectivity index (χ4v) is 2.39. The fraction of sp³-hybridized carbons (Fsp3) is 0.211. The molecule has 0 fully saturated rings. The minimum Gasteiger partial charge on any atom is -0.452 e. The van der Waals surface area contributed by atoms with E-state index < -0.39 is 18.0 Å². The van der Waals surface area contributed by atoms with Crippen molar-refractivity contribution >= 4 is 39.3 Å². The van der Waals surface area contributed by atoms with Crippen LogP contribution in [0.15, 0.2) is 53.0 Å². The van der Waals surface area contributed by atoms with Gasteiger partial charge in [0.2, 0.25) is 0 Å². The third-order valence-electron chi connectivity index (χ3n) is 3.48. The molecule has 2 rings (SSSR count). The Morgan fingerprint density at radius 2 is 1.80 bits per heavy atom. The van der Waals surface area contributed by atoms with Crippen LogP contribution in [-0.4, -0.2) is 23.8 Å². The van der Waals surface area contributed by atoms with Gasteiger partial charge < -0.3 is 10.1 Å². The van der Waals surface area contributed by atoms with E-state index in [1.165, 1.54) is 13.8 Å². The first-order valence-corrected chi connectivity index (χ1v) is 8.50. The molecule has 0 saturated carbocycles. The molecule has 0 radical (unpaired) electrons. The molecule has 25 heavy (non-hydrogen) atoms. The lowest BCUT2D eigenvalue weighted by Gasteiger charge is -2.14. The molecule has 0 aromatic heterocycles. The maximum absolute atomic E-state index is 12.1. The van der Waals surface area contributed by atoms with Gasteiger partial charge in [0.05, 0.1) is 6.42 Å². The largest absolute Gasteiger partial charge is 0.452 e. The molecule has 0 saturated heterocycles. The molecular formula is C19H18BrNO4. The molecule has 1 N–H and O–H groups in total. The molecule has 130 valence electrons. The zero-order valence-corrected chi connectivity index (χ0v) is 15.5. The van der Waals surface area contributed by atoms with Gasteiger partial charge in [-0.1, -0.05) is 40.2 Å². The number of anilines is 1. The average molecular weight is 404 g/mol. The van der Waals surface area contributed by atoms with Gasteiger partial charge in [-0.05, 0) is 43.7 Å². The van der Waals surface area contributed by atoms with Crippen molar-refractivity contribution in [2.24, 2.45) is 0 Å². The minimum absolute atomic E-state index is 0.0880. The van der Waals surface area contributed by atoms with E-state index in [4.69, 9.17) is 4.74 Å². The summed E-state index contributed by atoms with van der Waals surface area (Å²) in [6.45, 7) is 2.96. The molecule has 0 spiro atoms. The molecule has 6 heteroatoms. The molecule has 2 aromatic rings. The number of benzene rings is 2. The van der Waals surface area contributed by atoms with E-state index in [2.05, 4.69) is 21.2 Å². The Balaban J connectivity index is 1.91. The van der Waals surface area contributed by atoms with Crippen LogP contribution in [0.4, 0.5) is 5.69 Å². The summed E-state index contributed by atoms with van der Waals surface area (Å²) in [6, 6.07) is 13.9. The zero-order valence-electron chi connectivity index (χ0n) is 13.9. The van der Waals surface area contributed by atoms with E-state index in [9.17, 15) is 14.4 Å². The van der Waals surface area contributed by atoms with Crippen LogP contribution < -0.4 is 5.32 Å². The van der Waals surface area contributed by atoms with Gasteiger partial charge in [0.1, 0.15) is 0 Å². The number of rotatable bonds is 6. The molecule has 0 unspecified atom stereocenters. The third-order valence-corrected chi connectivity index (χ3v) is 4.00. The first-order chi connectivity index (χ1) is 11.8. The number of esters is 1. The summed E-state index contributed by atoms with van der Waals surface area (Å²) in [6.07, 6.45) is -0.853. The van der Waals surface area contributed by atoms with Crippen molar-refractivity contribution in [1.82, 2.24) is 0 Å². The standard InChI is InChI=1S/C19H18BrNO4/c1-12(22)15-4-3-5-17(11-15)21-19(24)13(2)25-18(23)10-14-6-8-16(20)9-7-14/h3-9,11,13H,10H2,1-2H3,(H,21,24)/t13-/m1/s1. The smallest absolute Gasteiger partial charge is 0.311 e. The van der Waals surface area contributed by atoms with E-state index in [1.54, 1.807) is 24.3 Å². The summed E-state index contributed by atoms with van der Waals surface area (Å²) in [5.74, 6) is -1.03. The predicted octanol–water partition coefficient (Wildman–Crippen LogP) is 3.76. The molecule has 0 heterocycles. The highest BCUT2D eigenvalue weighted by Gasteiger charge is 2.18. The van der Waals surface area contributed by atoms with Gasteiger partial charge >= 0.3 is 5.97 Å². The lowest BCUT2D eigenvalue weighted by atomic mass is 10.1. The van der Waals surface area contributed by atoms with Crippen molar-refractivity contribution in [2.75, 3.05) is 5.32 Å². The number of ether oxygens (including phenoxy) is 1. The van der Waals surface area contributed by atoms with Gasteiger partial charge in [-0.3, -0.25) is 14.4 Å². The first-order valence-electron chi connectivity index (χ1n) is 7.71. The summed E-state index contributed by atoms with van der Waals surface area (Å²) in [5, 5.41) is 2.64. The zero-order chi connectivity index (χ0) is 18.4. The van der Waals surface area contributed by atoms with Crippen molar-refractivity contribution in [3.8, 4) is 0 Å². The van der Waals surface area contributed by atoms with E-state index in [-0.39, 0.29) is 12.2 Å². The predicted molar refractivity (Wildman–Crippen MR) is 98.5 cm³/mol. The summed E-state index contributed by atoms with van der Waals surface area (Å²) in [4.78, 5) is 35.5. The number of carbonyl (C=O) groups is 3. The summed E-state index contributed by atoms with van der Waals surface area (Å²) in [5.41, 5.74) is 1.78. The Morgan fingerprint density at radius 3 is 2.44 bits per heavy atom. The molecule has 5 nitrogen and oxygen atoms in total. The molecule has 0 aliphatic carbocycles. The van der Waals surface area contributed by atoms with Crippen LogP contribution in [0.2, 0.25) is 0 Å². The van der Waals surface area contributed by atoms with Crippen LogP contribution in [0.1, 0.15) is 29.8 Å². The number of Topliss-reactive ketones (excluding diaryl/α,β-unsaturated/α-hetero) is 1. The van der Waals surface area contributed by atoms with Crippen LogP contribution >= 0.6 is 15.9 Å². The molecular weight excluding hydrogens is 386 g/mol. The average Bonchev–Trinajstić information content (AvgIpc) is 2.57. The highest BCUT2D eigenvalue weighted by atomic mass is 79.9. The number of ketones is 1. The maximum atomic E-state index is 12.1. The third kappa shape index (κ3) is 5.83. The van der Waals surface area contributed by atoms with Crippen LogP contribution in [0.5, 0.6) is 0 Å². The van der Waals surface area contributed by atoms with Gasteiger partial charge in [-0.25, -0.2) is 0 Å². The normalized spacial score (nSPS) is 11.5. The molecule has 1 atom stereocenters. The van der Waals surface area contributed by atoms with E-state index in [0.717, 1.165) is 10.0 Å². The highest BCUT2D eigenvalue weighted by Crippen LogP contribution is 2.13. The fourth-order valence-electron chi connectivity index (χ4n) is 2.12. The van der Waals surface area contributed by atoms with Crippen molar-refractivity contribution in [3.05, 3.63) is 64.1 Å². The quantitative estimate of drug-likeness (QED) is 0.588. The number of amides is 1. The van der Waals surface area contributed by atoms with Crippen molar-refractivity contribution in [2.45, 2.75) is 26.4 Å². The van der Waals surface area contributed by atoms with Crippen LogP contribution in [0.3, 0.4) is 0 Å². The Morgan fingerprint density at radius 1 is 1.12 bits per heavy atom. The number of carbonyl (C=O) groups excluding carboxylic acids is 3. The number of hydrogen-bond donors (Lipinski definition) is 1. The van der Waals surface area contributed by atoms with Crippen LogP contribution in [0.25, 0.3) is 0 Å². The Bertz CT molecular complexity index is 786. The number of nitrogens with one attached hydrogen (secondary N) is 1. The highest BCUT2D eigenvalue weighted by molar-refractivity contribution is 9.10. The second-order valence-corrected chi connectivity index (χ2v) is 6.48. The van der Waals surface area contributed by atoms with Gasteiger partial charge in [-0.15, -0.1) is 0 Å². The Hall–Kier alpha value is -2.47. The summed E-state index contributed by atoms with van der Waals surface area (Å²) < 4.78 is 6.09. The van der Waals surface area contributed by atoms with Gasteiger partial charge in [0.15, 0.2) is 11.9 Å². The number of hydrogen-bond acceptors (Lipinski definition) is 4. The van der Waals surface area contributed by atoms with E-state index >= 15 is 0 Å². The lowest BCUT2D eigenvalue weighted by molar-refractivity contribution is -0.152.